The Hall–Kier alpha value is -1.71. The summed E-state index contributed by atoms with van der Waals surface area (Å²) in [4.78, 5) is 12.1. The SMILES string of the molecule is COc1ccccc1C(=O)COc1cc(Cl)ccc1Cl. The first kappa shape index (κ1) is 14.7. The van der Waals surface area contributed by atoms with Gasteiger partial charge in [0.1, 0.15) is 11.5 Å². The van der Waals surface area contributed by atoms with Crippen LogP contribution in [0.25, 0.3) is 0 Å². The molecule has 5 heteroatoms. The van der Waals surface area contributed by atoms with Crippen LogP contribution in [-0.2, 0) is 0 Å². The number of carbonyl (C=O) groups excluding carboxylic acids is 1. The zero-order chi connectivity index (χ0) is 14.5. The maximum atomic E-state index is 12.1. The number of halogens is 2. The summed E-state index contributed by atoms with van der Waals surface area (Å²) in [5.74, 6) is 0.694. The van der Waals surface area contributed by atoms with Crippen molar-refractivity contribution in [3.63, 3.8) is 0 Å². The summed E-state index contributed by atoms with van der Waals surface area (Å²) in [5.41, 5.74) is 0.466. The summed E-state index contributed by atoms with van der Waals surface area (Å²) in [5, 5.41) is 0.899. The number of hydrogen-bond acceptors (Lipinski definition) is 3. The largest absolute Gasteiger partial charge is 0.496 e. The van der Waals surface area contributed by atoms with Gasteiger partial charge in [-0.05, 0) is 24.3 Å². The number of carbonyl (C=O) groups is 1. The van der Waals surface area contributed by atoms with Gasteiger partial charge in [0.15, 0.2) is 6.61 Å². The first-order chi connectivity index (χ1) is 9.61. The highest BCUT2D eigenvalue weighted by atomic mass is 35.5. The van der Waals surface area contributed by atoms with Crippen molar-refractivity contribution in [1.29, 1.82) is 0 Å². The van der Waals surface area contributed by atoms with Crippen LogP contribution < -0.4 is 9.47 Å². The molecule has 0 amide bonds. The van der Waals surface area contributed by atoms with Crippen LogP contribution in [0.3, 0.4) is 0 Å². The molecule has 20 heavy (non-hydrogen) atoms. The smallest absolute Gasteiger partial charge is 0.203 e. The van der Waals surface area contributed by atoms with Gasteiger partial charge >= 0.3 is 0 Å². The monoisotopic (exact) mass is 310 g/mol. The van der Waals surface area contributed by atoms with Crippen LogP contribution in [0.1, 0.15) is 10.4 Å². The maximum Gasteiger partial charge on any atom is 0.203 e. The second-order valence-electron chi connectivity index (χ2n) is 3.99. The van der Waals surface area contributed by atoms with Gasteiger partial charge in [-0.15, -0.1) is 0 Å². The lowest BCUT2D eigenvalue weighted by atomic mass is 10.1. The second kappa shape index (κ2) is 6.64. The lowest BCUT2D eigenvalue weighted by molar-refractivity contribution is 0.0918. The van der Waals surface area contributed by atoms with Crippen molar-refractivity contribution < 1.29 is 14.3 Å². The molecular formula is C15H12Cl2O3. The fourth-order valence-electron chi connectivity index (χ4n) is 1.68. The first-order valence-electron chi connectivity index (χ1n) is 5.86. The Morgan fingerprint density at radius 2 is 1.85 bits per heavy atom. The highest BCUT2D eigenvalue weighted by Crippen LogP contribution is 2.28. The summed E-state index contributed by atoms with van der Waals surface area (Å²) in [6.45, 7) is -0.138. The van der Waals surface area contributed by atoms with Crippen molar-refractivity contribution in [2.45, 2.75) is 0 Å². The van der Waals surface area contributed by atoms with Crippen molar-refractivity contribution in [3.05, 3.63) is 58.1 Å². The second-order valence-corrected chi connectivity index (χ2v) is 4.83. The molecule has 0 N–H and O–H groups in total. The van der Waals surface area contributed by atoms with Crippen molar-refractivity contribution >= 4 is 29.0 Å². The number of rotatable bonds is 5. The quantitative estimate of drug-likeness (QED) is 0.774. The lowest BCUT2D eigenvalue weighted by Gasteiger charge is -2.10. The van der Waals surface area contributed by atoms with Gasteiger partial charge in [-0.2, -0.15) is 0 Å². The van der Waals surface area contributed by atoms with E-state index in [9.17, 15) is 4.79 Å². The Balaban J connectivity index is 2.11. The van der Waals surface area contributed by atoms with E-state index in [0.717, 1.165) is 0 Å². The summed E-state index contributed by atoms with van der Waals surface area (Å²) < 4.78 is 10.5. The fourth-order valence-corrected chi connectivity index (χ4v) is 2.02. The Bertz CT molecular complexity index is 626. The van der Waals surface area contributed by atoms with E-state index >= 15 is 0 Å². The van der Waals surface area contributed by atoms with Crippen molar-refractivity contribution in [2.75, 3.05) is 13.7 Å². The molecule has 0 bridgehead atoms. The molecule has 3 nitrogen and oxygen atoms in total. The standard InChI is InChI=1S/C15H12Cl2O3/c1-19-14-5-3-2-4-11(14)13(18)9-20-15-8-10(16)6-7-12(15)17/h2-8H,9H2,1H3. The fraction of sp³-hybridized carbons (Fsp3) is 0.133. The van der Waals surface area contributed by atoms with Crippen molar-refractivity contribution in [3.8, 4) is 11.5 Å². The Labute approximate surface area is 127 Å². The van der Waals surface area contributed by atoms with Crippen LogP contribution in [-0.4, -0.2) is 19.5 Å². The molecule has 2 aromatic carbocycles. The van der Waals surface area contributed by atoms with Crippen LogP contribution in [0.5, 0.6) is 11.5 Å². The molecule has 0 unspecified atom stereocenters. The maximum absolute atomic E-state index is 12.1. The van der Waals surface area contributed by atoms with Gasteiger partial charge in [0.05, 0.1) is 17.7 Å². The van der Waals surface area contributed by atoms with Gasteiger partial charge in [0.2, 0.25) is 5.78 Å². The Morgan fingerprint density at radius 3 is 2.60 bits per heavy atom. The third-order valence-electron chi connectivity index (χ3n) is 2.66. The molecule has 104 valence electrons. The minimum absolute atomic E-state index is 0.138. The highest BCUT2D eigenvalue weighted by Gasteiger charge is 2.13. The van der Waals surface area contributed by atoms with Gasteiger partial charge in [0, 0.05) is 11.1 Å². The molecule has 2 rings (SSSR count). The summed E-state index contributed by atoms with van der Waals surface area (Å²) in [7, 11) is 1.51. The number of para-hydroxylation sites is 1. The topological polar surface area (TPSA) is 35.5 Å². The molecule has 0 fully saturated rings. The van der Waals surface area contributed by atoms with E-state index in [2.05, 4.69) is 0 Å². The van der Waals surface area contributed by atoms with Crippen LogP contribution in [0, 0.1) is 0 Å². The minimum Gasteiger partial charge on any atom is -0.496 e. The molecule has 2 aromatic rings. The van der Waals surface area contributed by atoms with Crippen LogP contribution in [0.2, 0.25) is 10.0 Å². The molecule has 0 aliphatic rings. The molecule has 0 spiro atoms. The molecule has 0 radical (unpaired) electrons. The summed E-state index contributed by atoms with van der Waals surface area (Å²) in [6.07, 6.45) is 0. The molecular weight excluding hydrogens is 299 g/mol. The number of methoxy groups -OCH3 is 1. The Kier molecular flexibility index (Phi) is 4.88. The zero-order valence-corrected chi connectivity index (χ0v) is 12.2. The van der Waals surface area contributed by atoms with E-state index in [1.807, 2.05) is 0 Å². The van der Waals surface area contributed by atoms with Crippen LogP contribution in [0.4, 0.5) is 0 Å². The zero-order valence-electron chi connectivity index (χ0n) is 10.7. The predicted molar refractivity (Wildman–Crippen MR) is 79.3 cm³/mol. The van der Waals surface area contributed by atoms with Crippen molar-refractivity contribution in [2.24, 2.45) is 0 Å². The average Bonchev–Trinajstić information content (AvgIpc) is 2.47. The van der Waals surface area contributed by atoms with Gasteiger partial charge in [0.25, 0.3) is 0 Å². The molecule has 0 saturated heterocycles. The number of hydrogen-bond donors (Lipinski definition) is 0. The van der Waals surface area contributed by atoms with Crippen molar-refractivity contribution in [1.82, 2.24) is 0 Å². The molecule has 0 aromatic heterocycles. The number of ketones is 1. The first-order valence-corrected chi connectivity index (χ1v) is 6.61. The highest BCUT2D eigenvalue weighted by molar-refractivity contribution is 6.34. The third kappa shape index (κ3) is 3.44. The predicted octanol–water partition coefficient (Wildman–Crippen LogP) is 4.26. The van der Waals surface area contributed by atoms with Gasteiger partial charge in [-0.25, -0.2) is 0 Å². The normalized spacial score (nSPS) is 10.2. The molecule has 0 aliphatic carbocycles. The van der Waals surface area contributed by atoms with Gasteiger partial charge in [-0.1, -0.05) is 35.3 Å². The number of ether oxygens (including phenoxy) is 2. The van der Waals surface area contributed by atoms with Gasteiger partial charge < -0.3 is 9.47 Å². The summed E-state index contributed by atoms with van der Waals surface area (Å²) >= 11 is 11.8. The van der Waals surface area contributed by atoms with E-state index in [-0.39, 0.29) is 12.4 Å². The lowest BCUT2D eigenvalue weighted by Crippen LogP contribution is -2.12. The van der Waals surface area contributed by atoms with E-state index in [0.29, 0.717) is 27.1 Å². The van der Waals surface area contributed by atoms with E-state index in [4.69, 9.17) is 32.7 Å². The van der Waals surface area contributed by atoms with Gasteiger partial charge in [-0.3, -0.25) is 4.79 Å². The van der Waals surface area contributed by atoms with E-state index < -0.39 is 0 Å². The molecule has 0 saturated carbocycles. The summed E-state index contributed by atoms with van der Waals surface area (Å²) in [6, 6.07) is 11.8. The number of benzene rings is 2. The minimum atomic E-state index is -0.196. The number of Topliss-reactive ketones (excluding diaryl/α,β-unsaturated/α-hetero) is 1. The third-order valence-corrected chi connectivity index (χ3v) is 3.21. The molecule has 0 heterocycles. The van der Waals surface area contributed by atoms with Crippen LogP contribution in [0.15, 0.2) is 42.5 Å². The van der Waals surface area contributed by atoms with E-state index in [1.165, 1.54) is 7.11 Å². The van der Waals surface area contributed by atoms with E-state index in [1.54, 1.807) is 42.5 Å². The molecule has 0 aliphatic heterocycles. The average molecular weight is 311 g/mol. The van der Waals surface area contributed by atoms with Crippen LogP contribution >= 0.6 is 23.2 Å². The molecule has 0 atom stereocenters. The Morgan fingerprint density at radius 1 is 1.10 bits per heavy atom.